The molecule has 3 N–H and O–H groups in total. The van der Waals surface area contributed by atoms with Crippen LogP contribution in [0.2, 0.25) is 0 Å². The normalized spacial score (nSPS) is 13.6. The van der Waals surface area contributed by atoms with Gasteiger partial charge in [-0.3, -0.25) is 4.79 Å². The average Bonchev–Trinajstić information content (AvgIpc) is 2.96. The molecule has 0 bridgehead atoms. The second kappa shape index (κ2) is 32.1. The average molecular weight is 562 g/mol. The summed E-state index contributed by atoms with van der Waals surface area (Å²) in [7, 11) is 0. The minimum Gasteiger partial charge on any atom is -0.394 e. The highest BCUT2D eigenvalue weighted by Crippen LogP contribution is 2.13. The number of amides is 1. The Morgan fingerprint density at radius 2 is 1.00 bits per heavy atom. The fourth-order valence-electron chi connectivity index (χ4n) is 4.88. The summed E-state index contributed by atoms with van der Waals surface area (Å²) in [5, 5.41) is 22.8. The van der Waals surface area contributed by atoms with Crippen molar-refractivity contribution < 1.29 is 15.0 Å². The standard InChI is InChI=1S/C36H67NO3/c1-3-5-7-9-11-13-15-16-17-18-19-20-21-22-23-25-27-29-31-35(39)34(33-38)37-36(40)32-30-28-26-24-14-12-10-8-6-4-2/h10,12,22-23,29,31,34-35,38-39H,3-9,11,13-21,24-28,30,32-33H2,1-2H3,(H,37,40)/b12-10-,23-22+,31-29+. The van der Waals surface area contributed by atoms with Gasteiger partial charge in [0.2, 0.25) is 5.91 Å². The molecule has 0 aromatic carbocycles. The Morgan fingerprint density at radius 1 is 0.575 bits per heavy atom. The van der Waals surface area contributed by atoms with E-state index in [2.05, 4.69) is 43.5 Å². The van der Waals surface area contributed by atoms with Crippen LogP contribution in [0.3, 0.4) is 0 Å². The number of hydrogen-bond donors (Lipinski definition) is 3. The molecule has 0 rings (SSSR count). The lowest BCUT2D eigenvalue weighted by Gasteiger charge is -2.19. The minimum absolute atomic E-state index is 0.0910. The molecule has 0 aromatic rings. The zero-order valence-electron chi connectivity index (χ0n) is 26.6. The first-order valence-electron chi connectivity index (χ1n) is 17.2. The van der Waals surface area contributed by atoms with Crippen molar-refractivity contribution in [2.75, 3.05) is 6.61 Å². The van der Waals surface area contributed by atoms with Gasteiger partial charge in [0.25, 0.3) is 0 Å². The van der Waals surface area contributed by atoms with Crippen molar-refractivity contribution in [1.29, 1.82) is 0 Å². The summed E-state index contributed by atoms with van der Waals surface area (Å²) in [4.78, 5) is 12.2. The molecule has 2 unspecified atom stereocenters. The van der Waals surface area contributed by atoms with Crippen molar-refractivity contribution in [2.45, 2.75) is 180 Å². The van der Waals surface area contributed by atoms with E-state index in [1.165, 1.54) is 103 Å². The molecule has 0 radical (unpaired) electrons. The first kappa shape index (κ1) is 38.6. The van der Waals surface area contributed by atoms with Crippen LogP contribution in [0.25, 0.3) is 0 Å². The van der Waals surface area contributed by atoms with Crippen LogP contribution in [-0.4, -0.2) is 34.9 Å². The molecule has 0 saturated carbocycles. The third kappa shape index (κ3) is 28.1. The molecule has 0 spiro atoms. The van der Waals surface area contributed by atoms with Crippen molar-refractivity contribution in [2.24, 2.45) is 0 Å². The summed E-state index contributed by atoms with van der Waals surface area (Å²) >= 11 is 0. The monoisotopic (exact) mass is 562 g/mol. The van der Waals surface area contributed by atoms with Crippen LogP contribution < -0.4 is 5.32 Å². The fourth-order valence-corrected chi connectivity index (χ4v) is 4.88. The Hall–Kier alpha value is -1.39. The van der Waals surface area contributed by atoms with Crippen molar-refractivity contribution >= 4 is 5.91 Å². The maximum absolute atomic E-state index is 12.2. The van der Waals surface area contributed by atoms with E-state index in [-0.39, 0.29) is 12.5 Å². The molecular weight excluding hydrogens is 494 g/mol. The Morgan fingerprint density at radius 3 is 1.52 bits per heavy atom. The molecule has 0 saturated heterocycles. The summed E-state index contributed by atoms with van der Waals surface area (Å²) in [6, 6.07) is -0.640. The zero-order chi connectivity index (χ0) is 29.4. The summed E-state index contributed by atoms with van der Waals surface area (Å²) in [6.07, 6.45) is 40.9. The van der Waals surface area contributed by atoms with Crippen LogP contribution in [0, 0.1) is 0 Å². The SMILES string of the molecule is CCCC/C=C\CCCCCCC(=O)NC(CO)C(O)/C=C/CC/C=C/CCCCCCCCCCCCCC. The second-order valence-corrected chi connectivity index (χ2v) is 11.6. The van der Waals surface area contributed by atoms with Gasteiger partial charge >= 0.3 is 0 Å². The van der Waals surface area contributed by atoms with Crippen molar-refractivity contribution in [1.82, 2.24) is 5.32 Å². The van der Waals surface area contributed by atoms with Crippen LogP contribution in [0.4, 0.5) is 0 Å². The molecule has 0 aromatic heterocycles. The maximum Gasteiger partial charge on any atom is 0.220 e. The van der Waals surface area contributed by atoms with Gasteiger partial charge in [-0.15, -0.1) is 0 Å². The van der Waals surface area contributed by atoms with Crippen LogP contribution >= 0.6 is 0 Å². The number of aliphatic hydroxyl groups is 2. The van der Waals surface area contributed by atoms with Gasteiger partial charge in [0, 0.05) is 6.42 Å². The molecule has 2 atom stereocenters. The highest BCUT2D eigenvalue weighted by atomic mass is 16.3. The molecule has 40 heavy (non-hydrogen) atoms. The van der Waals surface area contributed by atoms with E-state index in [1.807, 2.05) is 6.08 Å². The number of hydrogen-bond acceptors (Lipinski definition) is 3. The Kier molecular flexibility index (Phi) is 31.0. The predicted octanol–water partition coefficient (Wildman–Crippen LogP) is 9.90. The van der Waals surface area contributed by atoms with Crippen LogP contribution in [-0.2, 0) is 4.79 Å². The molecule has 4 nitrogen and oxygen atoms in total. The van der Waals surface area contributed by atoms with E-state index >= 15 is 0 Å². The summed E-state index contributed by atoms with van der Waals surface area (Å²) in [5.74, 6) is -0.0910. The van der Waals surface area contributed by atoms with E-state index in [1.54, 1.807) is 6.08 Å². The summed E-state index contributed by atoms with van der Waals surface area (Å²) in [5.41, 5.74) is 0. The second-order valence-electron chi connectivity index (χ2n) is 11.6. The van der Waals surface area contributed by atoms with Crippen LogP contribution in [0.5, 0.6) is 0 Å². The lowest BCUT2D eigenvalue weighted by atomic mass is 10.0. The van der Waals surface area contributed by atoms with Gasteiger partial charge in [0.15, 0.2) is 0 Å². The van der Waals surface area contributed by atoms with Crippen LogP contribution in [0.1, 0.15) is 168 Å². The third-order valence-electron chi connectivity index (χ3n) is 7.60. The smallest absolute Gasteiger partial charge is 0.220 e. The summed E-state index contributed by atoms with van der Waals surface area (Å²) in [6.45, 7) is 4.23. The summed E-state index contributed by atoms with van der Waals surface area (Å²) < 4.78 is 0. The number of carbonyl (C=O) groups is 1. The molecule has 234 valence electrons. The van der Waals surface area contributed by atoms with Gasteiger partial charge in [-0.1, -0.05) is 147 Å². The van der Waals surface area contributed by atoms with Gasteiger partial charge in [-0.05, 0) is 51.4 Å². The molecular formula is C36H67NO3. The van der Waals surface area contributed by atoms with E-state index in [9.17, 15) is 15.0 Å². The fraction of sp³-hybridized carbons (Fsp3) is 0.806. The molecule has 0 heterocycles. The van der Waals surface area contributed by atoms with E-state index in [0.717, 1.165) is 44.9 Å². The Balaban J connectivity index is 3.69. The van der Waals surface area contributed by atoms with Gasteiger partial charge in [-0.2, -0.15) is 0 Å². The van der Waals surface area contributed by atoms with Gasteiger partial charge in [-0.25, -0.2) is 0 Å². The highest BCUT2D eigenvalue weighted by Gasteiger charge is 2.17. The van der Waals surface area contributed by atoms with Crippen molar-refractivity contribution in [3.63, 3.8) is 0 Å². The van der Waals surface area contributed by atoms with Crippen molar-refractivity contribution in [3.8, 4) is 0 Å². The lowest BCUT2D eigenvalue weighted by molar-refractivity contribution is -0.123. The molecule has 0 aliphatic heterocycles. The number of aliphatic hydroxyl groups excluding tert-OH is 2. The van der Waals surface area contributed by atoms with Gasteiger partial charge < -0.3 is 15.5 Å². The molecule has 0 aliphatic rings. The quantitative estimate of drug-likeness (QED) is 0.0603. The van der Waals surface area contributed by atoms with Gasteiger partial charge in [0.05, 0.1) is 18.8 Å². The van der Waals surface area contributed by atoms with Crippen LogP contribution in [0.15, 0.2) is 36.5 Å². The zero-order valence-corrected chi connectivity index (χ0v) is 26.6. The first-order valence-corrected chi connectivity index (χ1v) is 17.2. The minimum atomic E-state index is -0.863. The number of carbonyl (C=O) groups excluding carboxylic acids is 1. The number of unbranched alkanes of at least 4 members (excludes halogenated alkanes) is 19. The first-order chi connectivity index (χ1) is 19.7. The number of nitrogens with one attached hydrogen (secondary N) is 1. The lowest BCUT2D eigenvalue weighted by Crippen LogP contribution is -2.45. The number of rotatable bonds is 30. The van der Waals surface area contributed by atoms with E-state index in [0.29, 0.717) is 6.42 Å². The predicted molar refractivity (Wildman–Crippen MR) is 175 cm³/mol. The van der Waals surface area contributed by atoms with Crippen molar-refractivity contribution in [3.05, 3.63) is 36.5 Å². The molecule has 0 aliphatic carbocycles. The molecule has 1 amide bonds. The Labute approximate surface area is 249 Å². The van der Waals surface area contributed by atoms with Gasteiger partial charge in [0.1, 0.15) is 0 Å². The topological polar surface area (TPSA) is 69.6 Å². The highest BCUT2D eigenvalue weighted by molar-refractivity contribution is 5.76. The van der Waals surface area contributed by atoms with E-state index < -0.39 is 12.1 Å². The third-order valence-corrected chi connectivity index (χ3v) is 7.60. The molecule has 0 fully saturated rings. The Bertz CT molecular complexity index is 613. The van der Waals surface area contributed by atoms with E-state index in [4.69, 9.17) is 0 Å². The maximum atomic E-state index is 12.2. The largest absolute Gasteiger partial charge is 0.394 e. The number of allylic oxidation sites excluding steroid dienone is 5. The molecule has 4 heteroatoms.